The van der Waals surface area contributed by atoms with E-state index in [-0.39, 0.29) is 18.5 Å². The van der Waals surface area contributed by atoms with Crippen LogP contribution in [0.1, 0.15) is 18.5 Å². The maximum Gasteiger partial charge on any atom is 0.123 e. The van der Waals surface area contributed by atoms with E-state index in [0.717, 1.165) is 11.3 Å². The maximum absolute atomic E-state index is 13.2. The molecule has 4 nitrogen and oxygen atoms in total. The molecule has 2 unspecified atom stereocenters. The number of benzene rings is 1. The summed E-state index contributed by atoms with van der Waals surface area (Å²) in [5.74, 6) is -0.308. The van der Waals surface area contributed by atoms with Gasteiger partial charge in [-0.2, -0.15) is 0 Å². The minimum atomic E-state index is -0.592. The van der Waals surface area contributed by atoms with Crippen LogP contribution in [0.15, 0.2) is 18.2 Å². The van der Waals surface area contributed by atoms with Crippen molar-refractivity contribution in [2.24, 2.45) is 5.73 Å². The van der Waals surface area contributed by atoms with E-state index in [2.05, 4.69) is 0 Å². The van der Waals surface area contributed by atoms with Crippen molar-refractivity contribution in [1.29, 1.82) is 0 Å². The van der Waals surface area contributed by atoms with Crippen molar-refractivity contribution < 1.29 is 14.2 Å². The zero-order valence-electron chi connectivity index (χ0n) is 11.1. The third-order valence-electron chi connectivity index (χ3n) is 2.74. The van der Waals surface area contributed by atoms with Crippen molar-refractivity contribution >= 4 is 5.69 Å². The Morgan fingerprint density at radius 2 is 2.17 bits per heavy atom. The van der Waals surface area contributed by atoms with E-state index in [9.17, 15) is 9.50 Å². The number of methoxy groups -OCH3 is 1. The summed E-state index contributed by atoms with van der Waals surface area (Å²) in [6.45, 7) is 2.47. The molecule has 1 aromatic carbocycles. The zero-order chi connectivity index (χ0) is 13.7. The van der Waals surface area contributed by atoms with Gasteiger partial charge in [0.15, 0.2) is 0 Å². The van der Waals surface area contributed by atoms with Crippen molar-refractivity contribution in [3.8, 4) is 0 Å². The van der Waals surface area contributed by atoms with Crippen molar-refractivity contribution in [2.75, 3.05) is 32.2 Å². The van der Waals surface area contributed by atoms with Gasteiger partial charge in [0.25, 0.3) is 0 Å². The Bertz CT molecular complexity index is 385. The Balaban J connectivity index is 2.87. The standard InChI is InChI=1S/C13H21FN2O2/c1-9(15)12-6-10(14)4-5-13(12)16(2)7-11(17)8-18-3/h4-6,9,11,17H,7-8,15H2,1-3H3. The molecule has 0 heterocycles. The van der Waals surface area contributed by atoms with Gasteiger partial charge in [-0.3, -0.25) is 0 Å². The van der Waals surface area contributed by atoms with E-state index < -0.39 is 6.10 Å². The number of ether oxygens (including phenoxy) is 1. The lowest BCUT2D eigenvalue weighted by molar-refractivity contribution is 0.0695. The highest BCUT2D eigenvalue weighted by Gasteiger charge is 2.14. The SMILES string of the molecule is COCC(O)CN(C)c1ccc(F)cc1C(C)N. The smallest absolute Gasteiger partial charge is 0.123 e. The summed E-state index contributed by atoms with van der Waals surface area (Å²) >= 11 is 0. The van der Waals surface area contributed by atoms with E-state index in [1.807, 2.05) is 11.9 Å². The lowest BCUT2D eigenvalue weighted by Gasteiger charge is -2.26. The molecule has 0 bridgehead atoms. The second-order valence-electron chi connectivity index (χ2n) is 4.48. The van der Waals surface area contributed by atoms with E-state index in [4.69, 9.17) is 10.5 Å². The molecule has 0 saturated heterocycles. The van der Waals surface area contributed by atoms with E-state index in [1.165, 1.54) is 19.2 Å². The predicted octanol–water partition coefficient (Wildman–Crippen LogP) is 1.29. The Hall–Kier alpha value is -1.17. The summed E-state index contributed by atoms with van der Waals surface area (Å²) in [5, 5.41) is 9.69. The molecule has 0 radical (unpaired) electrons. The molecule has 0 amide bonds. The average molecular weight is 256 g/mol. The number of aliphatic hydroxyl groups excluding tert-OH is 1. The number of hydrogen-bond donors (Lipinski definition) is 2. The minimum Gasteiger partial charge on any atom is -0.389 e. The number of anilines is 1. The highest BCUT2D eigenvalue weighted by Crippen LogP contribution is 2.25. The number of halogens is 1. The van der Waals surface area contributed by atoms with Gasteiger partial charge < -0.3 is 20.5 Å². The molecular formula is C13H21FN2O2. The molecule has 0 saturated carbocycles. The van der Waals surface area contributed by atoms with Crippen LogP contribution in [0.4, 0.5) is 10.1 Å². The molecule has 0 spiro atoms. The van der Waals surface area contributed by atoms with Gasteiger partial charge in [0, 0.05) is 32.4 Å². The Morgan fingerprint density at radius 1 is 1.50 bits per heavy atom. The first-order valence-corrected chi connectivity index (χ1v) is 5.89. The summed E-state index contributed by atoms with van der Waals surface area (Å²) in [6.07, 6.45) is -0.592. The molecule has 0 aliphatic heterocycles. The highest BCUT2D eigenvalue weighted by atomic mass is 19.1. The Labute approximate surface area is 107 Å². The number of aliphatic hydroxyl groups is 1. The van der Waals surface area contributed by atoms with Crippen LogP contribution in [0.25, 0.3) is 0 Å². The molecule has 1 rings (SSSR count). The fraction of sp³-hybridized carbons (Fsp3) is 0.538. The van der Waals surface area contributed by atoms with Gasteiger partial charge in [0.1, 0.15) is 5.82 Å². The average Bonchev–Trinajstić information content (AvgIpc) is 2.28. The molecular weight excluding hydrogens is 235 g/mol. The summed E-state index contributed by atoms with van der Waals surface area (Å²) < 4.78 is 18.1. The van der Waals surface area contributed by atoms with Gasteiger partial charge >= 0.3 is 0 Å². The topological polar surface area (TPSA) is 58.7 Å². The first kappa shape index (κ1) is 14.9. The molecule has 1 aromatic rings. The van der Waals surface area contributed by atoms with Gasteiger partial charge in [-0.25, -0.2) is 4.39 Å². The van der Waals surface area contributed by atoms with Crippen LogP contribution in [-0.4, -0.2) is 38.5 Å². The summed E-state index contributed by atoms with van der Waals surface area (Å²) in [4.78, 5) is 1.85. The molecule has 3 N–H and O–H groups in total. The van der Waals surface area contributed by atoms with Crippen LogP contribution in [0.3, 0.4) is 0 Å². The minimum absolute atomic E-state index is 0.263. The Morgan fingerprint density at radius 3 is 2.72 bits per heavy atom. The zero-order valence-corrected chi connectivity index (χ0v) is 11.1. The largest absolute Gasteiger partial charge is 0.389 e. The van der Waals surface area contributed by atoms with Crippen LogP contribution in [-0.2, 0) is 4.74 Å². The molecule has 18 heavy (non-hydrogen) atoms. The lowest BCUT2D eigenvalue weighted by atomic mass is 10.1. The van der Waals surface area contributed by atoms with Crippen molar-refractivity contribution in [3.05, 3.63) is 29.6 Å². The first-order chi connectivity index (χ1) is 8.45. The molecule has 5 heteroatoms. The third kappa shape index (κ3) is 3.94. The molecule has 0 fully saturated rings. The normalized spacial score (nSPS) is 14.3. The fourth-order valence-electron chi connectivity index (χ4n) is 1.90. The van der Waals surface area contributed by atoms with E-state index in [1.54, 1.807) is 13.0 Å². The molecule has 0 aliphatic rings. The predicted molar refractivity (Wildman–Crippen MR) is 70.2 cm³/mol. The van der Waals surface area contributed by atoms with Crippen LogP contribution < -0.4 is 10.6 Å². The summed E-state index contributed by atoms with van der Waals surface area (Å²) in [6, 6.07) is 4.23. The number of nitrogens with two attached hydrogens (primary N) is 1. The quantitative estimate of drug-likeness (QED) is 0.805. The van der Waals surface area contributed by atoms with Crippen LogP contribution in [0.5, 0.6) is 0 Å². The molecule has 102 valence electrons. The summed E-state index contributed by atoms with van der Waals surface area (Å²) in [7, 11) is 3.37. The van der Waals surface area contributed by atoms with Gasteiger partial charge in [0.05, 0.1) is 12.7 Å². The maximum atomic E-state index is 13.2. The van der Waals surface area contributed by atoms with Crippen LogP contribution in [0.2, 0.25) is 0 Å². The van der Waals surface area contributed by atoms with E-state index >= 15 is 0 Å². The lowest BCUT2D eigenvalue weighted by Crippen LogP contribution is -2.32. The van der Waals surface area contributed by atoms with Crippen molar-refractivity contribution in [3.63, 3.8) is 0 Å². The van der Waals surface area contributed by atoms with Crippen LogP contribution >= 0.6 is 0 Å². The van der Waals surface area contributed by atoms with Gasteiger partial charge in [-0.15, -0.1) is 0 Å². The highest BCUT2D eigenvalue weighted by molar-refractivity contribution is 5.54. The second-order valence-corrected chi connectivity index (χ2v) is 4.48. The second kappa shape index (κ2) is 6.68. The number of likely N-dealkylation sites (N-methyl/N-ethyl adjacent to an activating group) is 1. The van der Waals surface area contributed by atoms with E-state index in [0.29, 0.717) is 6.54 Å². The number of hydrogen-bond acceptors (Lipinski definition) is 4. The monoisotopic (exact) mass is 256 g/mol. The van der Waals surface area contributed by atoms with Crippen molar-refractivity contribution in [1.82, 2.24) is 0 Å². The van der Waals surface area contributed by atoms with Crippen LogP contribution in [0, 0.1) is 5.82 Å². The molecule has 0 aromatic heterocycles. The third-order valence-corrected chi connectivity index (χ3v) is 2.74. The van der Waals surface area contributed by atoms with Gasteiger partial charge in [-0.1, -0.05) is 0 Å². The number of nitrogens with zero attached hydrogens (tertiary/aromatic N) is 1. The fourth-order valence-corrected chi connectivity index (χ4v) is 1.90. The van der Waals surface area contributed by atoms with Crippen molar-refractivity contribution in [2.45, 2.75) is 19.1 Å². The number of rotatable bonds is 6. The summed E-state index contributed by atoms with van der Waals surface area (Å²) in [5.41, 5.74) is 7.38. The first-order valence-electron chi connectivity index (χ1n) is 5.89. The Kier molecular flexibility index (Phi) is 5.53. The van der Waals surface area contributed by atoms with Gasteiger partial charge in [0.2, 0.25) is 0 Å². The molecule has 2 atom stereocenters. The molecule has 0 aliphatic carbocycles. The van der Waals surface area contributed by atoms with Gasteiger partial charge in [-0.05, 0) is 30.7 Å².